The van der Waals surface area contributed by atoms with Crippen molar-refractivity contribution in [2.24, 2.45) is 0 Å². The van der Waals surface area contributed by atoms with Crippen LogP contribution in [0.15, 0.2) is 183 Å². The van der Waals surface area contributed by atoms with Crippen molar-refractivity contribution < 1.29 is 0 Å². The third kappa shape index (κ3) is 5.39. The standard InChI is InChI=1S/C46H30N4/c1-2-10-38-37(9-1)45(33-19-15-31(16-20-33)35-23-25-43(49-29-35)41-13-5-7-27-47-41)39-11-3-4-12-40(39)46(38)34-21-17-32(18-22-34)36-24-26-44(50-30-36)42-14-6-8-28-48-42/h1-30H. The molecule has 0 spiro atoms. The molecule has 0 N–H and O–H groups in total. The quantitative estimate of drug-likeness (QED) is 0.170. The molecule has 0 aliphatic heterocycles. The molecule has 50 heavy (non-hydrogen) atoms. The summed E-state index contributed by atoms with van der Waals surface area (Å²) < 4.78 is 0. The molecule has 4 nitrogen and oxygen atoms in total. The highest BCUT2D eigenvalue weighted by Gasteiger charge is 2.17. The van der Waals surface area contributed by atoms with Gasteiger partial charge in [-0.1, -0.05) is 121 Å². The summed E-state index contributed by atoms with van der Waals surface area (Å²) in [5.41, 5.74) is 12.7. The van der Waals surface area contributed by atoms with Crippen molar-refractivity contribution in [2.75, 3.05) is 0 Å². The minimum absolute atomic E-state index is 0.867. The Morgan fingerprint density at radius 2 is 0.560 bits per heavy atom. The average Bonchev–Trinajstić information content (AvgIpc) is 3.21. The fraction of sp³-hybridized carbons (Fsp3) is 0. The van der Waals surface area contributed by atoms with Crippen LogP contribution >= 0.6 is 0 Å². The van der Waals surface area contributed by atoms with Gasteiger partial charge in [0.2, 0.25) is 0 Å². The Balaban J connectivity index is 1.08. The Bertz CT molecular complexity index is 2340. The van der Waals surface area contributed by atoms with Crippen LogP contribution < -0.4 is 0 Å². The zero-order valence-corrected chi connectivity index (χ0v) is 27.1. The molecule has 4 heterocycles. The number of fused-ring (bicyclic) bond motifs is 2. The van der Waals surface area contributed by atoms with Gasteiger partial charge in [0.05, 0.1) is 22.8 Å². The molecule has 234 valence electrons. The first-order chi connectivity index (χ1) is 24.8. The lowest BCUT2D eigenvalue weighted by Gasteiger charge is -2.18. The highest BCUT2D eigenvalue weighted by molar-refractivity contribution is 6.21. The maximum atomic E-state index is 4.70. The average molecular weight is 639 g/mol. The molecule has 0 bridgehead atoms. The molecule has 0 saturated carbocycles. The summed E-state index contributed by atoms with van der Waals surface area (Å²) in [6, 6.07) is 55.3. The van der Waals surface area contributed by atoms with Gasteiger partial charge in [-0.25, -0.2) is 0 Å². The molecule has 0 amide bonds. The van der Waals surface area contributed by atoms with E-state index in [9.17, 15) is 0 Å². The van der Waals surface area contributed by atoms with Crippen LogP contribution in [-0.4, -0.2) is 19.9 Å². The number of rotatable bonds is 6. The minimum Gasteiger partial charge on any atom is -0.255 e. The van der Waals surface area contributed by atoms with E-state index in [1.807, 2.05) is 60.9 Å². The summed E-state index contributed by atoms with van der Waals surface area (Å²) in [4.78, 5) is 18.3. The van der Waals surface area contributed by atoms with Crippen LogP contribution in [0.5, 0.6) is 0 Å². The summed E-state index contributed by atoms with van der Waals surface area (Å²) in [6.07, 6.45) is 7.45. The first-order valence-electron chi connectivity index (χ1n) is 16.7. The Morgan fingerprint density at radius 1 is 0.240 bits per heavy atom. The van der Waals surface area contributed by atoms with E-state index in [-0.39, 0.29) is 0 Å². The van der Waals surface area contributed by atoms with Gasteiger partial charge in [-0.3, -0.25) is 19.9 Å². The van der Waals surface area contributed by atoms with Crippen molar-refractivity contribution in [3.05, 3.63) is 183 Å². The first-order valence-corrected chi connectivity index (χ1v) is 16.7. The van der Waals surface area contributed by atoms with E-state index in [2.05, 4.69) is 119 Å². The summed E-state index contributed by atoms with van der Waals surface area (Å²) in [5.74, 6) is 0. The van der Waals surface area contributed by atoms with Crippen molar-refractivity contribution in [1.82, 2.24) is 19.9 Å². The number of pyridine rings is 4. The van der Waals surface area contributed by atoms with Crippen LogP contribution in [0.25, 0.3) is 88.8 Å². The number of hydrogen-bond donors (Lipinski definition) is 0. The topological polar surface area (TPSA) is 51.6 Å². The number of nitrogens with zero attached hydrogens (tertiary/aromatic N) is 4. The van der Waals surface area contributed by atoms with Gasteiger partial charge < -0.3 is 0 Å². The molecule has 9 rings (SSSR count). The minimum atomic E-state index is 0.867. The molecule has 5 aromatic carbocycles. The Hall–Kier alpha value is -6.78. The van der Waals surface area contributed by atoms with Gasteiger partial charge in [0.1, 0.15) is 0 Å². The molecule has 0 saturated heterocycles. The van der Waals surface area contributed by atoms with Crippen LogP contribution in [0.1, 0.15) is 0 Å². The lowest BCUT2D eigenvalue weighted by molar-refractivity contribution is 1.25. The van der Waals surface area contributed by atoms with Crippen molar-refractivity contribution >= 4 is 21.5 Å². The van der Waals surface area contributed by atoms with Crippen LogP contribution in [0, 0.1) is 0 Å². The van der Waals surface area contributed by atoms with Gasteiger partial charge in [-0.2, -0.15) is 0 Å². The van der Waals surface area contributed by atoms with Crippen molar-refractivity contribution in [2.45, 2.75) is 0 Å². The third-order valence-corrected chi connectivity index (χ3v) is 9.33. The molecule has 0 aliphatic rings. The monoisotopic (exact) mass is 638 g/mol. The summed E-state index contributed by atoms with van der Waals surface area (Å²) in [6.45, 7) is 0. The molecular formula is C46H30N4. The van der Waals surface area contributed by atoms with Crippen molar-refractivity contribution in [1.29, 1.82) is 0 Å². The van der Waals surface area contributed by atoms with E-state index in [0.717, 1.165) is 45.0 Å². The van der Waals surface area contributed by atoms with Gasteiger partial charge in [-0.05, 0) is 91.3 Å². The summed E-state index contributed by atoms with van der Waals surface area (Å²) in [5, 5.41) is 4.92. The molecule has 0 radical (unpaired) electrons. The Morgan fingerprint density at radius 3 is 0.880 bits per heavy atom. The molecule has 0 fully saturated rings. The second-order valence-electron chi connectivity index (χ2n) is 12.3. The van der Waals surface area contributed by atoms with E-state index >= 15 is 0 Å². The van der Waals surface area contributed by atoms with E-state index < -0.39 is 0 Å². The molecule has 4 aromatic heterocycles. The highest BCUT2D eigenvalue weighted by Crippen LogP contribution is 2.44. The Labute approximate surface area is 290 Å². The maximum Gasteiger partial charge on any atom is 0.0886 e. The second-order valence-corrected chi connectivity index (χ2v) is 12.3. The van der Waals surface area contributed by atoms with E-state index in [0.29, 0.717) is 0 Å². The summed E-state index contributed by atoms with van der Waals surface area (Å²) in [7, 11) is 0. The molecular weight excluding hydrogens is 609 g/mol. The van der Waals surface area contributed by atoms with E-state index in [1.165, 1.54) is 43.8 Å². The predicted molar refractivity (Wildman–Crippen MR) is 205 cm³/mol. The zero-order chi connectivity index (χ0) is 33.3. The fourth-order valence-corrected chi connectivity index (χ4v) is 6.87. The number of aromatic nitrogens is 4. The SMILES string of the molecule is c1ccc(-c2ccc(-c3ccc(-c4c5ccccc5c(-c5ccc(-c6ccc(-c7ccccn7)nc6)cc5)c5ccccc45)cc3)cn2)nc1. The molecule has 0 atom stereocenters. The Kier molecular flexibility index (Phi) is 7.45. The normalized spacial score (nSPS) is 11.2. The third-order valence-electron chi connectivity index (χ3n) is 9.33. The number of hydrogen-bond acceptors (Lipinski definition) is 4. The lowest BCUT2D eigenvalue weighted by atomic mass is 9.85. The van der Waals surface area contributed by atoms with E-state index in [1.54, 1.807) is 12.4 Å². The fourth-order valence-electron chi connectivity index (χ4n) is 6.87. The van der Waals surface area contributed by atoms with Gasteiger partial charge >= 0.3 is 0 Å². The van der Waals surface area contributed by atoms with Gasteiger partial charge in [0.25, 0.3) is 0 Å². The molecule has 4 heteroatoms. The van der Waals surface area contributed by atoms with E-state index in [4.69, 9.17) is 9.97 Å². The number of benzene rings is 5. The first kappa shape index (κ1) is 29.4. The summed E-state index contributed by atoms with van der Waals surface area (Å²) >= 11 is 0. The molecule has 0 unspecified atom stereocenters. The van der Waals surface area contributed by atoms with Crippen LogP contribution in [0.4, 0.5) is 0 Å². The molecule has 9 aromatic rings. The predicted octanol–water partition coefficient (Wildman–Crippen LogP) is 11.6. The molecule has 0 aliphatic carbocycles. The van der Waals surface area contributed by atoms with Gasteiger partial charge in [0.15, 0.2) is 0 Å². The zero-order valence-electron chi connectivity index (χ0n) is 27.1. The van der Waals surface area contributed by atoms with Gasteiger partial charge in [-0.15, -0.1) is 0 Å². The van der Waals surface area contributed by atoms with Crippen LogP contribution in [0.3, 0.4) is 0 Å². The van der Waals surface area contributed by atoms with Crippen molar-refractivity contribution in [3.63, 3.8) is 0 Å². The van der Waals surface area contributed by atoms with Crippen molar-refractivity contribution in [3.8, 4) is 67.3 Å². The lowest BCUT2D eigenvalue weighted by Crippen LogP contribution is -1.91. The largest absolute Gasteiger partial charge is 0.255 e. The van der Waals surface area contributed by atoms with Crippen LogP contribution in [-0.2, 0) is 0 Å². The highest BCUT2D eigenvalue weighted by atomic mass is 14.8. The smallest absolute Gasteiger partial charge is 0.0886 e. The van der Waals surface area contributed by atoms with Crippen LogP contribution in [0.2, 0.25) is 0 Å². The second kappa shape index (κ2) is 12.7. The van der Waals surface area contributed by atoms with Gasteiger partial charge in [0, 0.05) is 35.9 Å². The maximum absolute atomic E-state index is 4.70.